The monoisotopic (exact) mass is 848 g/mol. The molecule has 4 rings (SSSR count). The first-order valence-corrected chi connectivity index (χ1v) is 19.9. The average Bonchev–Trinajstić information content (AvgIpc) is 3.49. The zero-order chi connectivity index (χ0) is 42.5. The molecular formula is C36H64O22. The summed E-state index contributed by atoms with van der Waals surface area (Å²) in [5, 5.41) is 124. The number of esters is 1. The standard InChI is InChI=1S/C36H64O22/c1-50-21(39)11-9-7-5-3-2-4-6-8-10-12-51-33-30(48)26(44)24(42)19(56-33)15-52-34-31(49)27(45)25(43)20(57-34)16-53-36-32(28(46)22(40)17(13-37)55-36)58-35-29(47)23(41)18(14-38)54-35/h17-20,22-38,40-49H,2-16H2,1H3/t17-,18+,19-,20-,22+,23+,24+,25+,26+,27+,28+,29-,30-,31-,32-,33-,34-,35+,36-/m1/s1. The smallest absolute Gasteiger partial charge is 0.305 e. The van der Waals surface area contributed by atoms with E-state index < -0.39 is 143 Å². The summed E-state index contributed by atoms with van der Waals surface area (Å²) in [4.78, 5) is 11.2. The maximum absolute atomic E-state index is 11.2. The van der Waals surface area contributed by atoms with Crippen LogP contribution < -0.4 is 0 Å². The number of methoxy groups -OCH3 is 1. The Morgan fingerprint density at radius 3 is 1.36 bits per heavy atom. The lowest BCUT2D eigenvalue weighted by molar-refractivity contribution is -0.354. The van der Waals surface area contributed by atoms with Gasteiger partial charge in [-0.15, -0.1) is 0 Å². The summed E-state index contributed by atoms with van der Waals surface area (Å²) in [6.45, 7) is -2.49. The number of rotatable bonds is 23. The van der Waals surface area contributed by atoms with Gasteiger partial charge in [-0.1, -0.05) is 44.9 Å². The molecule has 0 unspecified atom stereocenters. The molecule has 22 nitrogen and oxygen atoms in total. The first-order valence-electron chi connectivity index (χ1n) is 19.9. The van der Waals surface area contributed by atoms with Crippen LogP contribution in [-0.2, 0) is 47.4 Å². The molecule has 0 aliphatic carbocycles. The Kier molecular flexibility index (Phi) is 20.7. The number of hydrogen-bond donors (Lipinski definition) is 12. The lowest BCUT2D eigenvalue weighted by atomic mass is 9.98. The zero-order valence-corrected chi connectivity index (χ0v) is 32.5. The van der Waals surface area contributed by atoms with Crippen molar-refractivity contribution in [2.75, 3.05) is 40.1 Å². The van der Waals surface area contributed by atoms with Crippen molar-refractivity contribution in [3.8, 4) is 0 Å². The van der Waals surface area contributed by atoms with Gasteiger partial charge in [0.1, 0.15) is 91.6 Å². The fourth-order valence-electron chi connectivity index (χ4n) is 7.14. The van der Waals surface area contributed by atoms with E-state index in [9.17, 15) is 66.1 Å². The molecule has 0 aromatic carbocycles. The molecule has 4 saturated heterocycles. The Hall–Kier alpha value is -1.33. The van der Waals surface area contributed by atoms with Gasteiger partial charge in [0.25, 0.3) is 0 Å². The van der Waals surface area contributed by atoms with E-state index >= 15 is 0 Å². The second-order valence-electron chi connectivity index (χ2n) is 15.1. The minimum Gasteiger partial charge on any atom is -0.469 e. The Bertz CT molecular complexity index is 1170. The lowest BCUT2D eigenvalue weighted by Gasteiger charge is -2.44. The number of carbonyl (C=O) groups excluding carboxylic acids is 1. The van der Waals surface area contributed by atoms with Gasteiger partial charge in [-0.25, -0.2) is 0 Å². The maximum atomic E-state index is 11.2. The Balaban J connectivity index is 1.24. The van der Waals surface area contributed by atoms with Crippen LogP contribution in [0, 0.1) is 0 Å². The number of unbranched alkanes of at least 4 members (excludes halogenated alkanes) is 8. The SMILES string of the molecule is COC(=O)CCCCCCCCCCCO[C@@H]1O[C@H](CO[C@@H]2O[C@H](CO[C@@H]3O[C@H](CO)[C@H](O)[C@H](O)[C@H]3O[C@@H]3O[C@@H](CO)[C@H](O)[C@H]3O)[C@H](O)[C@H](O)[C@H]2O)[C@H](O)[C@H](O)[C@H]1O. The molecule has 340 valence electrons. The Morgan fingerprint density at radius 1 is 0.448 bits per heavy atom. The van der Waals surface area contributed by atoms with Crippen LogP contribution >= 0.6 is 0 Å². The number of ether oxygens (including phenoxy) is 9. The molecule has 0 amide bonds. The largest absolute Gasteiger partial charge is 0.469 e. The number of aliphatic hydroxyl groups excluding tert-OH is 12. The van der Waals surface area contributed by atoms with E-state index in [2.05, 4.69) is 4.74 Å². The second-order valence-corrected chi connectivity index (χ2v) is 15.1. The van der Waals surface area contributed by atoms with Crippen LogP contribution in [0.5, 0.6) is 0 Å². The highest BCUT2D eigenvalue weighted by molar-refractivity contribution is 5.68. The highest BCUT2D eigenvalue weighted by Gasteiger charge is 2.52. The summed E-state index contributed by atoms with van der Waals surface area (Å²) < 4.78 is 49.4. The minimum absolute atomic E-state index is 0.187. The van der Waals surface area contributed by atoms with Crippen LogP contribution in [-0.4, -0.2) is 224 Å². The van der Waals surface area contributed by atoms with Crippen LogP contribution in [0.1, 0.15) is 64.2 Å². The van der Waals surface area contributed by atoms with E-state index in [-0.39, 0.29) is 12.6 Å². The summed E-state index contributed by atoms with van der Waals surface area (Å²) >= 11 is 0. The van der Waals surface area contributed by atoms with Crippen molar-refractivity contribution in [1.82, 2.24) is 0 Å². The second kappa shape index (κ2) is 24.3. The zero-order valence-electron chi connectivity index (χ0n) is 32.5. The predicted molar refractivity (Wildman–Crippen MR) is 190 cm³/mol. The highest BCUT2D eigenvalue weighted by atomic mass is 16.8. The summed E-state index contributed by atoms with van der Waals surface area (Å²) in [7, 11) is 1.38. The molecule has 0 bridgehead atoms. The van der Waals surface area contributed by atoms with E-state index in [0.29, 0.717) is 12.8 Å². The molecule has 4 heterocycles. The molecule has 0 aromatic rings. The average molecular weight is 849 g/mol. The maximum Gasteiger partial charge on any atom is 0.305 e. The van der Waals surface area contributed by atoms with E-state index in [0.717, 1.165) is 51.4 Å². The molecule has 0 aromatic heterocycles. The molecule has 58 heavy (non-hydrogen) atoms. The third kappa shape index (κ3) is 13.1. The van der Waals surface area contributed by atoms with E-state index in [1.54, 1.807) is 0 Å². The molecule has 19 atom stereocenters. The van der Waals surface area contributed by atoms with Crippen molar-refractivity contribution < 1.29 is 109 Å². The normalized spacial score (nSPS) is 42.1. The minimum atomic E-state index is -1.87. The fourth-order valence-corrected chi connectivity index (χ4v) is 7.14. The van der Waals surface area contributed by atoms with Gasteiger partial charge >= 0.3 is 5.97 Å². The molecule has 0 radical (unpaired) electrons. The van der Waals surface area contributed by atoms with Crippen LogP contribution in [0.25, 0.3) is 0 Å². The quantitative estimate of drug-likeness (QED) is 0.0338. The van der Waals surface area contributed by atoms with Crippen molar-refractivity contribution in [3.63, 3.8) is 0 Å². The Labute approximate surface area is 335 Å². The van der Waals surface area contributed by atoms with Crippen LogP contribution in [0.4, 0.5) is 0 Å². The third-order valence-corrected chi connectivity index (χ3v) is 10.8. The Morgan fingerprint density at radius 2 is 0.845 bits per heavy atom. The van der Waals surface area contributed by atoms with Gasteiger partial charge in [0.15, 0.2) is 25.2 Å². The molecule has 4 aliphatic heterocycles. The predicted octanol–water partition coefficient (Wildman–Crippen LogP) is -5.01. The molecule has 0 saturated carbocycles. The molecule has 4 fully saturated rings. The molecule has 12 N–H and O–H groups in total. The van der Waals surface area contributed by atoms with Crippen molar-refractivity contribution in [1.29, 1.82) is 0 Å². The van der Waals surface area contributed by atoms with Crippen LogP contribution in [0.15, 0.2) is 0 Å². The topological polar surface area (TPSA) is 343 Å². The highest BCUT2D eigenvalue weighted by Crippen LogP contribution is 2.32. The van der Waals surface area contributed by atoms with Gasteiger partial charge in [0.2, 0.25) is 0 Å². The first-order chi connectivity index (χ1) is 27.7. The number of carbonyl (C=O) groups is 1. The summed E-state index contributed by atoms with van der Waals surface area (Å²) in [5.74, 6) is -0.196. The van der Waals surface area contributed by atoms with Gasteiger partial charge in [-0.3, -0.25) is 4.79 Å². The summed E-state index contributed by atoms with van der Waals surface area (Å²) in [6.07, 6.45) is -21.8. The van der Waals surface area contributed by atoms with E-state index in [1.165, 1.54) is 7.11 Å². The van der Waals surface area contributed by atoms with Crippen molar-refractivity contribution >= 4 is 5.97 Å². The molecular weight excluding hydrogens is 784 g/mol. The third-order valence-electron chi connectivity index (χ3n) is 10.8. The van der Waals surface area contributed by atoms with Crippen molar-refractivity contribution in [2.45, 2.75) is 181 Å². The lowest BCUT2D eigenvalue weighted by Crippen LogP contribution is -2.63. The fraction of sp³-hybridized carbons (Fsp3) is 0.972. The van der Waals surface area contributed by atoms with Crippen molar-refractivity contribution in [2.24, 2.45) is 0 Å². The van der Waals surface area contributed by atoms with Gasteiger partial charge in [-0.05, 0) is 12.8 Å². The van der Waals surface area contributed by atoms with Gasteiger partial charge in [0, 0.05) is 13.0 Å². The van der Waals surface area contributed by atoms with E-state index in [4.69, 9.17) is 37.9 Å². The number of aliphatic hydroxyl groups is 12. The van der Waals surface area contributed by atoms with Crippen molar-refractivity contribution in [3.05, 3.63) is 0 Å². The van der Waals surface area contributed by atoms with Gasteiger partial charge < -0.3 is 104 Å². The van der Waals surface area contributed by atoms with Crippen LogP contribution in [0.2, 0.25) is 0 Å². The molecule has 4 aliphatic rings. The van der Waals surface area contributed by atoms with Gasteiger partial charge in [-0.2, -0.15) is 0 Å². The first kappa shape index (κ1) is 49.3. The molecule has 22 heteroatoms. The van der Waals surface area contributed by atoms with E-state index in [1.807, 2.05) is 0 Å². The summed E-state index contributed by atoms with van der Waals surface area (Å²) in [5.41, 5.74) is 0. The number of hydrogen-bond acceptors (Lipinski definition) is 22. The summed E-state index contributed by atoms with van der Waals surface area (Å²) in [6, 6.07) is 0. The van der Waals surface area contributed by atoms with Crippen LogP contribution in [0.3, 0.4) is 0 Å². The van der Waals surface area contributed by atoms with Gasteiger partial charge in [0.05, 0.1) is 33.5 Å². The molecule has 0 spiro atoms.